The number of fused-ring (bicyclic) bond motifs is 1. The zero-order chi connectivity index (χ0) is 19.5. The standard InChI is InChI=1S/C20H30BNO4/c1-18(2,3)16-15-12-14(21-25-19(4,5)20(6,7)26-21)9-8-13(15)10-11-22(16)17(23)24/h8-9,12,16H,10-11H2,1-7H3,(H,23,24). The van der Waals surface area contributed by atoms with E-state index in [9.17, 15) is 9.90 Å². The zero-order valence-electron chi connectivity index (χ0n) is 16.9. The van der Waals surface area contributed by atoms with Gasteiger partial charge in [0.15, 0.2) is 0 Å². The molecule has 0 aromatic heterocycles. The third kappa shape index (κ3) is 3.14. The van der Waals surface area contributed by atoms with Crippen LogP contribution in [0.5, 0.6) is 0 Å². The number of benzene rings is 1. The number of carbonyl (C=O) groups is 1. The predicted octanol–water partition coefficient (Wildman–Crippen LogP) is 3.61. The highest BCUT2D eigenvalue weighted by molar-refractivity contribution is 6.62. The van der Waals surface area contributed by atoms with E-state index >= 15 is 0 Å². The average Bonchev–Trinajstić information content (AvgIpc) is 2.72. The molecule has 26 heavy (non-hydrogen) atoms. The van der Waals surface area contributed by atoms with E-state index in [0.717, 1.165) is 17.4 Å². The van der Waals surface area contributed by atoms with Crippen LogP contribution in [0.2, 0.25) is 0 Å². The molecular formula is C20H30BNO4. The third-order valence-electron chi connectivity index (χ3n) is 5.99. The fourth-order valence-electron chi connectivity index (χ4n) is 3.90. The smallest absolute Gasteiger partial charge is 0.465 e. The van der Waals surface area contributed by atoms with Crippen molar-refractivity contribution < 1.29 is 19.2 Å². The highest BCUT2D eigenvalue weighted by Gasteiger charge is 2.52. The van der Waals surface area contributed by atoms with Gasteiger partial charge >= 0.3 is 13.2 Å². The van der Waals surface area contributed by atoms with Crippen molar-refractivity contribution in [3.63, 3.8) is 0 Å². The van der Waals surface area contributed by atoms with Crippen molar-refractivity contribution in [3.8, 4) is 0 Å². The van der Waals surface area contributed by atoms with Gasteiger partial charge in [-0.3, -0.25) is 0 Å². The van der Waals surface area contributed by atoms with Crippen molar-refractivity contribution in [2.24, 2.45) is 5.41 Å². The summed E-state index contributed by atoms with van der Waals surface area (Å²) in [5.41, 5.74) is 2.22. The monoisotopic (exact) mass is 359 g/mol. The number of hydrogen-bond acceptors (Lipinski definition) is 3. The molecular weight excluding hydrogens is 329 g/mol. The average molecular weight is 359 g/mol. The van der Waals surface area contributed by atoms with Gasteiger partial charge in [-0.2, -0.15) is 0 Å². The van der Waals surface area contributed by atoms with Crippen LogP contribution in [0, 0.1) is 5.41 Å². The van der Waals surface area contributed by atoms with E-state index in [0.29, 0.717) is 6.54 Å². The molecule has 3 rings (SSSR count). The maximum atomic E-state index is 11.8. The van der Waals surface area contributed by atoms with E-state index in [1.807, 2.05) is 27.7 Å². The molecule has 1 N–H and O–H groups in total. The quantitative estimate of drug-likeness (QED) is 0.779. The molecule has 0 radical (unpaired) electrons. The minimum absolute atomic E-state index is 0.189. The van der Waals surface area contributed by atoms with Gasteiger partial charge in [-0.05, 0) is 56.1 Å². The summed E-state index contributed by atoms with van der Waals surface area (Å²) < 4.78 is 12.4. The molecule has 1 unspecified atom stereocenters. The van der Waals surface area contributed by atoms with Gasteiger partial charge in [-0.1, -0.05) is 39.0 Å². The summed E-state index contributed by atoms with van der Waals surface area (Å²) in [6.07, 6.45) is -0.130. The molecule has 5 nitrogen and oxygen atoms in total. The van der Waals surface area contributed by atoms with Gasteiger partial charge in [0.05, 0.1) is 17.2 Å². The molecule has 1 aromatic rings. The van der Waals surface area contributed by atoms with Gasteiger partial charge in [0.2, 0.25) is 0 Å². The number of amides is 1. The lowest BCUT2D eigenvalue weighted by atomic mass is 9.72. The van der Waals surface area contributed by atoms with Crippen molar-refractivity contribution in [1.82, 2.24) is 4.90 Å². The lowest BCUT2D eigenvalue weighted by molar-refractivity contribution is 0.00578. The van der Waals surface area contributed by atoms with E-state index in [1.165, 1.54) is 5.56 Å². The van der Waals surface area contributed by atoms with Crippen LogP contribution in [-0.2, 0) is 15.7 Å². The fourth-order valence-corrected chi connectivity index (χ4v) is 3.90. The van der Waals surface area contributed by atoms with Crippen molar-refractivity contribution in [1.29, 1.82) is 0 Å². The maximum Gasteiger partial charge on any atom is 0.494 e. The van der Waals surface area contributed by atoms with Crippen LogP contribution in [0.3, 0.4) is 0 Å². The Bertz CT molecular complexity index is 707. The van der Waals surface area contributed by atoms with Crippen molar-refractivity contribution in [3.05, 3.63) is 29.3 Å². The summed E-state index contributed by atoms with van der Waals surface area (Å²) >= 11 is 0. The number of carboxylic acid groups (broad SMARTS) is 1. The van der Waals surface area contributed by atoms with Crippen LogP contribution in [0.1, 0.15) is 65.6 Å². The van der Waals surface area contributed by atoms with Gasteiger partial charge in [0, 0.05) is 6.54 Å². The Hall–Kier alpha value is -1.53. The Morgan fingerprint density at radius 1 is 1.19 bits per heavy atom. The second-order valence-corrected chi connectivity index (χ2v) is 9.54. The van der Waals surface area contributed by atoms with Crippen LogP contribution in [0.4, 0.5) is 4.79 Å². The maximum absolute atomic E-state index is 11.8. The van der Waals surface area contributed by atoms with Crippen molar-refractivity contribution in [2.75, 3.05) is 6.54 Å². The van der Waals surface area contributed by atoms with E-state index in [-0.39, 0.29) is 11.5 Å². The highest BCUT2D eigenvalue weighted by Crippen LogP contribution is 2.42. The Morgan fingerprint density at radius 3 is 2.27 bits per heavy atom. The molecule has 0 spiro atoms. The molecule has 1 aromatic carbocycles. The van der Waals surface area contributed by atoms with E-state index in [4.69, 9.17) is 9.31 Å². The third-order valence-corrected chi connectivity index (χ3v) is 5.99. The lowest BCUT2D eigenvalue weighted by Crippen LogP contribution is -2.45. The van der Waals surface area contributed by atoms with Gasteiger partial charge in [-0.15, -0.1) is 0 Å². The van der Waals surface area contributed by atoms with E-state index < -0.39 is 24.4 Å². The van der Waals surface area contributed by atoms with Gasteiger partial charge in [0.1, 0.15) is 0 Å². The first kappa shape index (κ1) is 19.2. The van der Waals surface area contributed by atoms with Crippen LogP contribution >= 0.6 is 0 Å². The second-order valence-electron chi connectivity index (χ2n) is 9.54. The topological polar surface area (TPSA) is 59.0 Å². The van der Waals surface area contributed by atoms with Gasteiger partial charge in [-0.25, -0.2) is 4.79 Å². The molecule has 0 aliphatic carbocycles. The molecule has 2 heterocycles. The number of hydrogen-bond donors (Lipinski definition) is 1. The molecule has 1 amide bonds. The van der Waals surface area contributed by atoms with E-state index in [2.05, 4.69) is 39.0 Å². The summed E-state index contributed by atoms with van der Waals surface area (Å²) in [4.78, 5) is 13.4. The molecule has 0 bridgehead atoms. The Kier molecular flexibility index (Phi) is 4.44. The normalized spacial score (nSPS) is 24.5. The molecule has 6 heteroatoms. The summed E-state index contributed by atoms with van der Waals surface area (Å²) in [6, 6.07) is 6.05. The first-order chi connectivity index (χ1) is 11.8. The first-order valence-corrected chi connectivity index (χ1v) is 9.31. The first-order valence-electron chi connectivity index (χ1n) is 9.31. The van der Waals surface area contributed by atoms with E-state index in [1.54, 1.807) is 4.90 Å². The SMILES string of the molecule is CC(C)(C)C1c2cc(B3OC(C)(C)C(C)(C)O3)ccc2CCN1C(=O)O. The minimum atomic E-state index is -0.864. The van der Waals surface area contributed by atoms with Gasteiger partial charge in [0.25, 0.3) is 0 Å². The van der Waals surface area contributed by atoms with Crippen molar-refractivity contribution >= 4 is 18.7 Å². The minimum Gasteiger partial charge on any atom is -0.465 e. The molecule has 1 atom stereocenters. The van der Waals surface area contributed by atoms with Crippen LogP contribution in [0.15, 0.2) is 18.2 Å². The fraction of sp³-hybridized carbons (Fsp3) is 0.650. The number of nitrogens with zero attached hydrogens (tertiary/aromatic N) is 1. The van der Waals surface area contributed by atoms with Crippen molar-refractivity contribution in [2.45, 2.75) is 72.1 Å². The van der Waals surface area contributed by atoms with Crippen LogP contribution in [-0.4, -0.2) is 41.0 Å². The molecule has 2 aliphatic rings. The Morgan fingerprint density at radius 2 is 1.77 bits per heavy atom. The largest absolute Gasteiger partial charge is 0.494 e. The summed E-state index contributed by atoms with van der Waals surface area (Å²) in [5, 5.41) is 9.69. The molecule has 1 saturated heterocycles. The lowest BCUT2D eigenvalue weighted by Gasteiger charge is -2.43. The molecule has 0 saturated carbocycles. The molecule has 142 valence electrons. The predicted molar refractivity (Wildman–Crippen MR) is 103 cm³/mol. The Labute approximate surface area is 156 Å². The number of rotatable bonds is 1. The summed E-state index contributed by atoms with van der Waals surface area (Å²) in [6.45, 7) is 14.9. The second kappa shape index (κ2) is 5.99. The highest BCUT2D eigenvalue weighted by atomic mass is 16.7. The summed E-state index contributed by atoms with van der Waals surface area (Å²) in [5.74, 6) is 0. The summed E-state index contributed by atoms with van der Waals surface area (Å²) in [7, 11) is -0.439. The van der Waals surface area contributed by atoms with Crippen LogP contribution < -0.4 is 5.46 Å². The van der Waals surface area contributed by atoms with Crippen LogP contribution in [0.25, 0.3) is 0 Å². The molecule has 2 aliphatic heterocycles. The Balaban J connectivity index is 2.02. The molecule has 1 fully saturated rings. The van der Waals surface area contributed by atoms with Gasteiger partial charge < -0.3 is 19.3 Å². The zero-order valence-corrected chi connectivity index (χ0v) is 16.9.